The molecular weight excluding hydrogens is 328 g/mol. The summed E-state index contributed by atoms with van der Waals surface area (Å²) >= 11 is 0. The van der Waals surface area contributed by atoms with Gasteiger partial charge in [0.05, 0.1) is 5.39 Å². The molecule has 0 bridgehead atoms. The second kappa shape index (κ2) is 6.45. The van der Waals surface area contributed by atoms with E-state index in [0.29, 0.717) is 16.5 Å². The molecule has 0 unspecified atom stereocenters. The number of aryl methyl sites for hydroxylation is 1. The first-order valence-electron chi connectivity index (χ1n) is 8.53. The summed E-state index contributed by atoms with van der Waals surface area (Å²) in [4.78, 5) is 24.4. The number of rotatable bonds is 2. The molecule has 3 aromatic rings. The van der Waals surface area contributed by atoms with Crippen LogP contribution < -0.4 is 10.2 Å². The quantitative estimate of drug-likeness (QED) is 0.611. The van der Waals surface area contributed by atoms with Crippen LogP contribution in [0.2, 0.25) is 0 Å². The highest BCUT2D eigenvalue weighted by molar-refractivity contribution is 5.84. The average Bonchev–Trinajstić information content (AvgIpc) is 2.56. The maximum absolute atomic E-state index is 12.9. The summed E-state index contributed by atoms with van der Waals surface area (Å²) in [5.74, 6) is -0.363. The molecule has 0 aliphatic heterocycles. The van der Waals surface area contributed by atoms with Gasteiger partial charge >= 0.3 is 5.97 Å². The molecule has 4 nitrogen and oxygen atoms in total. The van der Waals surface area contributed by atoms with Crippen molar-refractivity contribution >= 4 is 16.9 Å². The maximum Gasteiger partial charge on any atom is 0.308 e. The fraction of sp³-hybridized carbons (Fsp3) is 0.273. The van der Waals surface area contributed by atoms with Gasteiger partial charge in [-0.25, -0.2) is 0 Å². The number of carbonyl (C=O) groups excluding carboxylic acids is 1. The average molecular weight is 350 g/mol. The van der Waals surface area contributed by atoms with E-state index in [9.17, 15) is 9.59 Å². The van der Waals surface area contributed by atoms with Gasteiger partial charge in [-0.15, -0.1) is 0 Å². The van der Waals surface area contributed by atoms with Crippen LogP contribution in [0.1, 0.15) is 38.8 Å². The summed E-state index contributed by atoms with van der Waals surface area (Å²) < 4.78 is 11.2. The van der Waals surface area contributed by atoms with Gasteiger partial charge in [0.2, 0.25) is 11.2 Å². The zero-order valence-corrected chi connectivity index (χ0v) is 15.7. The number of fused-ring (bicyclic) bond motifs is 1. The van der Waals surface area contributed by atoms with E-state index in [0.717, 1.165) is 11.1 Å². The van der Waals surface area contributed by atoms with Crippen molar-refractivity contribution in [3.05, 3.63) is 63.8 Å². The summed E-state index contributed by atoms with van der Waals surface area (Å²) in [6, 6.07) is 13.1. The van der Waals surface area contributed by atoms with E-state index in [1.165, 1.54) is 6.92 Å². The lowest BCUT2D eigenvalue weighted by Gasteiger charge is -2.19. The van der Waals surface area contributed by atoms with Crippen LogP contribution in [0.5, 0.6) is 5.75 Å². The minimum Gasteiger partial charge on any atom is -0.452 e. The molecule has 3 rings (SSSR count). The highest BCUT2D eigenvalue weighted by Gasteiger charge is 2.20. The molecule has 0 fully saturated rings. The molecule has 0 amide bonds. The van der Waals surface area contributed by atoms with E-state index in [4.69, 9.17) is 9.15 Å². The van der Waals surface area contributed by atoms with Crippen molar-refractivity contribution in [3.63, 3.8) is 0 Å². The van der Waals surface area contributed by atoms with Crippen molar-refractivity contribution in [2.24, 2.45) is 0 Å². The Bertz CT molecular complexity index is 1030. The summed E-state index contributed by atoms with van der Waals surface area (Å²) in [6.07, 6.45) is 0. The highest BCUT2D eigenvalue weighted by atomic mass is 16.5. The van der Waals surface area contributed by atoms with Gasteiger partial charge in [0, 0.05) is 12.5 Å². The SMILES string of the molecule is CC(=O)Oc1c(-c2ccc(C(C)(C)C)cc2)oc2cc(C)ccc2c1=O. The molecule has 0 aliphatic carbocycles. The highest BCUT2D eigenvalue weighted by Crippen LogP contribution is 2.33. The van der Waals surface area contributed by atoms with Crippen LogP contribution in [0.15, 0.2) is 51.7 Å². The molecule has 1 heterocycles. The largest absolute Gasteiger partial charge is 0.452 e. The minimum atomic E-state index is -0.559. The Morgan fingerprint density at radius 3 is 2.27 bits per heavy atom. The fourth-order valence-corrected chi connectivity index (χ4v) is 2.83. The van der Waals surface area contributed by atoms with Gasteiger partial charge < -0.3 is 9.15 Å². The summed E-state index contributed by atoms with van der Waals surface area (Å²) in [6.45, 7) is 9.59. The molecule has 0 spiro atoms. The van der Waals surface area contributed by atoms with Crippen LogP contribution in [-0.2, 0) is 10.2 Å². The summed E-state index contributed by atoms with van der Waals surface area (Å²) in [5, 5.41) is 0.391. The van der Waals surface area contributed by atoms with Crippen molar-refractivity contribution in [3.8, 4) is 17.1 Å². The Morgan fingerprint density at radius 1 is 1.04 bits per heavy atom. The molecule has 0 aliphatic rings. The monoisotopic (exact) mass is 350 g/mol. The van der Waals surface area contributed by atoms with E-state index in [2.05, 4.69) is 20.8 Å². The lowest BCUT2D eigenvalue weighted by atomic mass is 9.86. The van der Waals surface area contributed by atoms with Crippen LogP contribution in [0.4, 0.5) is 0 Å². The van der Waals surface area contributed by atoms with Gasteiger partial charge in [-0.2, -0.15) is 0 Å². The third-order valence-corrected chi connectivity index (χ3v) is 4.27. The van der Waals surface area contributed by atoms with E-state index >= 15 is 0 Å². The van der Waals surface area contributed by atoms with Crippen molar-refractivity contribution in [1.29, 1.82) is 0 Å². The molecule has 4 heteroatoms. The predicted octanol–water partition coefficient (Wildman–Crippen LogP) is 4.99. The van der Waals surface area contributed by atoms with Gasteiger partial charge in [0.15, 0.2) is 5.76 Å². The first-order valence-corrected chi connectivity index (χ1v) is 8.53. The predicted molar refractivity (Wildman–Crippen MR) is 103 cm³/mol. The smallest absolute Gasteiger partial charge is 0.308 e. The zero-order chi connectivity index (χ0) is 19.1. The van der Waals surface area contributed by atoms with E-state index in [1.807, 2.05) is 37.3 Å². The zero-order valence-electron chi connectivity index (χ0n) is 15.7. The standard InChI is InChI=1S/C22H22O4/c1-13-6-11-17-18(12-13)26-20(21(19(17)24)25-14(2)23)15-7-9-16(10-8-15)22(3,4)5/h6-12H,1-5H3. The van der Waals surface area contributed by atoms with Crippen LogP contribution in [-0.4, -0.2) is 5.97 Å². The van der Waals surface area contributed by atoms with Crippen molar-refractivity contribution < 1.29 is 13.9 Å². The molecule has 0 saturated carbocycles. The molecule has 0 atom stereocenters. The van der Waals surface area contributed by atoms with Crippen molar-refractivity contribution in [1.82, 2.24) is 0 Å². The molecule has 134 valence electrons. The lowest BCUT2D eigenvalue weighted by Crippen LogP contribution is -2.14. The number of hydrogen-bond acceptors (Lipinski definition) is 4. The molecule has 0 N–H and O–H groups in total. The number of hydrogen-bond donors (Lipinski definition) is 0. The lowest BCUT2D eigenvalue weighted by molar-refractivity contribution is -0.131. The fourth-order valence-electron chi connectivity index (χ4n) is 2.83. The number of ether oxygens (including phenoxy) is 1. The van der Waals surface area contributed by atoms with Crippen LogP contribution >= 0.6 is 0 Å². The number of esters is 1. The Labute approximate surface area is 152 Å². The summed E-state index contributed by atoms with van der Waals surface area (Å²) in [5.41, 5.74) is 2.97. The number of benzene rings is 2. The Kier molecular flexibility index (Phi) is 4.45. The van der Waals surface area contributed by atoms with Gasteiger partial charge in [0.1, 0.15) is 5.58 Å². The topological polar surface area (TPSA) is 56.5 Å². The van der Waals surface area contributed by atoms with E-state index in [1.54, 1.807) is 12.1 Å². The molecule has 0 saturated heterocycles. The molecule has 0 radical (unpaired) electrons. The third kappa shape index (κ3) is 3.40. The molecule has 26 heavy (non-hydrogen) atoms. The van der Waals surface area contributed by atoms with Crippen molar-refractivity contribution in [2.75, 3.05) is 0 Å². The second-order valence-corrected chi connectivity index (χ2v) is 7.51. The summed E-state index contributed by atoms with van der Waals surface area (Å²) in [7, 11) is 0. The van der Waals surface area contributed by atoms with Crippen LogP contribution in [0.3, 0.4) is 0 Å². The normalized spacial score (nSPS) is 11.6. The van der Waals surface area contributed by atoms with Crippen molar-refractivity contribution in [2.45, 2.75) is 40.0 Å². The van der Waals surface area contributed by atoms with Gasteiger partial charge in [-0.3, -0.25) is 9.59 Å². The van der Waals surface area contributed by atoms with Gasteiger partial charge in [-0.1, -0.05) is 51.1 Å². The van der Waals surface area contributed by atoms with Gasteiger partial charge in [0.25, 0.3) is 0 Å². The van der Waals surface area contributed by atoms with E-state index < -0.39 is 5.97 Å². The molecule has 1 aromatic heterocycles. The molecular formula is C22H22O4. The van der Waals surface area contributed by atoms with Gasteiger partial charge in [-0.05, 0) is 35.6 Å². The maximum atomic E-state index is 12.9. The Balaban J connectivity index is 2.26. The molecule has 2 aromatic carbocycles. The Hall–Kier alpha value is -2.88. The van der Waals surface area contributed by atoms with Crippen LogP contribution in [0.25, 0.3) is 22.3 Å². The van der Waals surface area contributed by atoms with Crippen LogP contribution in [0, 0.1) is 6.92 Å². The Morgan fingerprint density at radius 2 is 1.69 bits per heavy atom. The van der Waals surface area contributed by atoms with E-state index in [-0.39, 0.29) is 22.4 Å². The number of carbonyl (C=O) groups is 1. The first kappa shape index (κ1) is 17.9. The first-order chi connectivity index (χ1) is 12.2. The third-order valence-electron chi connectivity index (χ3n) is 4.27. The minimum absolute atomic E-state index is 0.0125. The second-order valence-electron chi connectivity index (χ2n) is 7.51.